The zero-order valence-corrected chi connectivity index (χ0v) is 16.7. The van der Waals surface area contributed by atoms with Gasteiger partial charge in [0.1, 0.15) is 17.7 Å². The van der Waals surface area contributed by atoms with Crippen LogP contribution in [0, 0.1) is 5.82 Å². The van der Waals surface area contributed by atoms with Crippen molar-refractivity contribution >= 4 is 11.8 Å². The Hall–Kier alpha value is -2.46. The normalized spacial score (nSPS) is 24.2. The van der Waals surface area contributed by atoms with E-state index in [2.05, 4.69) is 34.2 Å². The highest BCUT2D eigenvalue weighted by Gasteiger charge is 2.39. The molecule has 2 heterocycles. The van der Waals surface area contributed by atoms with Crippen LogP contribution in [-0.4, -0.2) is 36.8 Å². The molecule has 2 unspecified atom stereocenters. The minimum atomic E-state index is -0.225. The molecule has 5 rings (SSSR count). The predicted molar refractivity (Wildman–Crippen MR) is 115 cm³/mol. The van der Waals surface area contributed by atoms with Crippen LogP contribution in [-0.2, 0) is 6.42 Å². The number of nitrogens with zero attached hydrogens (tertiary/aromatic N) is 2. The first-order valence-corrected chi connectivity index (χ1v) is 10.8. The zero-order valence-electron chi connectivity index (χ0n) is 16.7. The van der Waals surface area contributed by atoms with Crippen LogP contribution in [0.15, 0.2) is 53.5 Å². The van der Waals surface area contributed by atoms with Crippen LogP contribution in [0.25, 0.3) is 5.57 Å². The Morgan fingerprint density at radius 3 is 2.79 bits per heavy atom. The van der Waals surface area contributed by atoms with Gasteiger partial charge in [-0.2, -0.15) is 0 Å². The molecule has 1 aliphatic carbocycles. The number of aliphatic imine (C=N–C) groups is 1. The summed E-state index contributed by atoms with van der Waals surface area (Å²) >= 11 is 0. The van der Waals surface area contributed by atoms with Crippen LogP contribution >= 0.6 is 0 Å². The van der Waals surface area contributed by atoms with Crippen molar-refractivity contribution in [3.8, 4) is 5.75 Å². The highest BCUT2D eigenvalue weighted by molar-refractivity contribution is 5.86. The molecule has 2 atom stereocenters. The molecule has 0 saturated carbocycles. The van der Waals surface area contributed by atoms with Crippen LogP contribution in [0.3, 0.4) is 0 Å². The average molecular weight is 391 g/mol. The maximum Gasteiger partial charge on any atom is 0.140 e. The summed E-state index contributed by atoms with van der Waals surface area (Å²) in [4.78, 5) is 6.93. The van der Waals surface area contributed by atoms with Crippen LogP contribution in [0.1, 0.15) is 48.5 Å². The number of benzene rings is 2. The van der Waals surface area contributed by atoms with Crippen molar-refractivity contribution in [2.45, 2.75) is 44.2 Å². The molecule has 2 aromatic rings. The molecular weight excluding hydrogens is 363 g/mol. The molecule has 2 aromatic carbocycles. The topological polar surface area (TPSA) is 24.8 Å². The molecule has 3 nitrogen and oxygen atoms in total. The number of hydrogen-bond donors (Lipinski definition) is 0. The van der Waals surface area contributed by atoms with Gasteiger partial charge in [0.2, 0.25) is 0 Å². The van der Waals surface area contributed by atoms with Crippen molar-refractivity contribution in [2.75, 3.05) is 19.6 Å². The van der Waals surface area contributed by atoms with Crippen LogP contribution < -0.4 is 4.74 Å². The number of fused-ring (bicyclic) bond motifs is 1. The number of ether oxygens (including phenoxy) is 1. The highest BCUT2D eigenvalue weighted by atomic mass is 19.1. The summed E-state index contributed by atoms with van der Waals surface area (Å²) in [5, 5.41) is 0. The number of rotatable bonds is 4. The third-order valence-electron chi connectivity index (χ3n) is 6.41. The smallest absolute Gasteiger partial charge is 0.140 e. The van der Waals surface area contributed by atoms with E-state index in [1.807, 2.05) is 12.3 Å². The van der Waals surface area contributed by atoms with Gasteiger partial charge >= 0.3 is 0 Å². The Morgan fingerprint density at radius 2 is 1.90 bits per heavy atom. The van der Waals surface area contributed by atoms with Gasteiger partial charge in [-0.3, -0.25) is 9.89 Å². The molecule has 0 bridgehead atoms. The molecule has 29 heavy (non-hydrogen) atoms. The Kier molecular flexibility index (Phi) is 5.19. The first-order valence-electron chi connectivity index (χ1n) is 10.8. The predicted octanol–water partition coefficient (Wildman–Crippen LogP) is 5.21. The van der Waals surface area contributed by atoms with E-state index in [9.17, 15) is 4.39 Å². The van der Waals surface area contributed by atoms with Crippen molar-refractivity contribution in [2.24, 2.45) is 4.99 Å². The van der Waals surface area contributed by atoms with Gasteiger partial charge in [-0.25, -0.2) is 4.39 Å². The van der Waals surface area contributed by atoms with Gasteiger partial charge in [-0.1, -0.05) is 24.3 Å². The molecule has 0 N–H and O–H groups in total. The van der Waals surface area contributed by atoms with E-state index in [1.165, 1.54) is 30.0 Å². The maximum atomic E-state index is 14.2. The Morgan fingerprint density at radius 1 is 1.03 bits per heavy atom. The lowest BCUT2D eigenvalue weighted by Crippen LogP contribution is -2.38. The average Bonchev–Trinajstić information content (AvgIpc) is 3.30. The van der Waals surface area contributed by atoms with Gasteiger partial charge in [0.05, 0.1) is 6.04 Å². The molecule has 150 valence electrons. The Balaban J connectivity index is 1.51. The number of likely N-dealkylation sites (tertiary alicyclic amines) is 1. The van der Waals surface area contributed by atoms with E-state index < -0.39 is 0 Å². The Bertz CT molecular complexity index is 946. The summed E-state index contributed by atoms with van der Waals surface area (Å²) in [7, 11) is 0. The quantitative estimate of drug-likeness (QED) is 0.715. The minimum absolute atomic E-state index is 0.0199. The largest absolute Gasteiger partial charge is 0.483 e. The van der Waals surface area contributed by atoms with Crippen LogP contribution in [0.2, 0.25) is 0 Å². The van der Waals surface area contributed by atoms with Gasteiger partial charge in [0, 0.05) is 18.3 Å². The first-order chi connectivity index (χ1) is 14.3. The molecule has 0 spiro atoms. The van der Waals surface area contributed by atoms with Gasteiger partial charge < -0.3 is 4.74 Å². The van der Waals surface area contributed by atoms with E-state index >= 15 is 0 Å². The third-order valence-corrected chi connectivity index (χ3v) is 6.41. The fourth-order valence-corrected chi connectivity index (χ4v) is 4.95. The fourth-order valence-electron chi connectivity index (χ4n) is 4.95. The van der Waals surface area contributed by atoms with E-state index in [-0.39, 0.29) is 11.9 Å². The van der Waals surface area contributed by atoms with E-state index in [1.54, 1.807) is 12.1 Å². The van der Waals surface area contributed by atoms with E-state index in [0.29, 0.717) is 6.04 Å². The Labute approximate surface area is 171 Å². The summed E-state index contributed by atoms with van der Waals surface area (Å²) in [6.45, 7) is 3.09. The first kappa shape index (κ1) is 18.6. The van der Waals surface area contributed by atoms with Gasteiger partial charge in [-0.05, 0) is 86.2 Å². The molecule has 0 radical (unpaired) electrons. The number of allylic oxidation sites excluding steroid dienone is 2. The van der Waals surface area contributed by atoms with Gasteiger partial charge in [-0.15, -0.1) is 0 Å². The molecule has 4 heteroatoms. The third kappa shape index (κ3) is 3.74. The highest BCUT2D eigenvalue weighted by Crippen LogP contribution is 2.41. The van der Waals surface area contributed by atoms with E-state index in [0.717, 1.165) is 55.8 Å². The lowest BCUT2D eigenvalue weighted by atomic mass is 9.99. The molecule has 3 aliphatic rings. The van der Waals surface area contributed by atoms with Gasteiger partial charge in [0.25, 0.3) is 0 Å². The molecular formula is C25H27FN2O. The molecule has 1 saturated heterocycles. The van der Waals surface area contributed by atoms with Crippen LogP contribution in [0.5, 0.6) is 5.75 Å². The molecule has 2 aliphatic heterocycles. The van der Waals surface area contributed by atoms with Crippen LogP contribution in [0.4, 0.5) is 4.39 Å². The molecule has 0 amide bonds. The second-order valence-electron chi connectivity index (χ2n) is 8.24. The minimum Gasteiger partial charge on any atom is -0.483 e. The van der Waals surface area contributed by atoms with Gasteiger partial charge in [0.15, 0.2) is 0 Å². The summed E-state index contributed by atoms with van der Waals surface area (Å²) in [6, 6.07) is 13.9. The standard InChI is InChI=1S/C25H27FN2O/c26-20-9-10-24(22(17-20)18-7-5-12-27-13-11-18)29-25-21-8-2-1-6-19(21)16-23(25)28-14-3-4-15-28/h1-2,6,8-11,13,17,23,25H,3-5,7,12,14-16H2. The van der Waals surface area contributed by atoms with E-state index in [4.69, 9.17) is 4.74 Å². The second kappa shape index (κ2) is 8.11. The zero-order chi connectivity index (χ0) is 19.6. The number of hydrogen-bond acceptors (Lipinski definition) is 3. The monoisotopic (exact) mass is 390 g/mol. The maximum absolute atomic E-state index is 14.2. The van der Waals surface area contributed by atoms with Crippen molar-refractivity contribution < 1.29 is 9.13 Å². The molecule has 1 fully saturated rings. The van der Waals surface area contributed by atoms with Crippen molar-refractivity contribution in [1.29, 1.82) is 0 Å². The van der Waals surface area contributed by atoms with Crippen molar-refractivity contribution in [3.63, 3.8) is 0 Å². The van der Waals surface area contributed by atoms with Crippen molar-refractivity contribution in [3.05, 3.63) is 71.0 Å². The SMILES string of the molecule is Fc1ccc(OC2c3ccccc3CC2N2CCCC2)c(C2=CC=NCCC2)c1. The lowest BCUT2D eigenvalue weighted by Gasteiger charge is -2.30. The summed E-state index contributed by atoms with van der Waals surface area (Å²) in [6.07, 6.45) is 9.23. The number of halogens is 1. The summed E-state index contributed by atoms with van der Waals surface area (Å²) < 4.78 is 20.9. The second-order valence-corrected chi connectivity index (χ2v) is 8.24. The fraction of sp³-hybridized carbons (Fsp3) is 0.400. The molecule has 0 aromatic heterocycles. The summed E-state index contributed by atoms with van der Waals surface area (Å²) in [5.74, 6) is 0.552. The summed E-state index contributed by atoms with van der Waals surface area (Å²) in [5.41, 5.74) is 4.61. The van der Waals surface area contributed by atoms with Crippen molar-refractivity contribution in [1.82, 2.24) is 4.90 Å². The lowest BCUT2D eigenvalue weighted by molar-refractivity contribution is 0.0938.